The van der Waals surface area contributed by atoms with Crippen LogP contribution >= 0.6 is 0 Å². The highest BCUT2D eigenvalue weighted by molar-refractivity contribution is 4.87. The zero-order valence-corrected chi connectivity index (χ0v) is 9.79. The number of nitrogens with one attached hydrogen (secondary N) is 1. The maximum Gasteiger partial charge on any atom is 0.163 e. The van der Waals surface area contributed by atoms with Crippen molar-refractivity contribution in [1.82, 2.24) is 5.32 Å². The summed E-state index contributed by atoms with van der Waals surface area (Å²) in [5.74, 6) is -0.402. The summed E-state index contributed by atoms with van der Waals surface area (Å²) in [6, 6.07) is 0.599. The van der Waals surface area contributed by atoms with E-state index in [4.69, 9.17) is 14.2 Å². The van der Waals surface area contributed by atoms with Crippen LogP contribution in [0.4, 0.5) is 0 Å². The molecule has 88 valence electrons. The predicted molar refractivity (Wildman–Crippen MR) is 56.7 cm³/mol. The van der Waals surface area contributed by atoms with Crippen LogP contribution in [-0.2, 0) is 14.2 Å². The Kier molecular flexibility index (Phi) is 3.30. The molecule has 0 aromatic heterocycles. The monoisotopic (exact) mass is 215 g/mol. The number of hydrogen-bond acceptors (Lipinski definition) is 4. The molecule has 0 spiro atoms. The van der Waals surface area contributed by atoms with E-state index in [1.165, 1.54) is 0 Å². The normalized spacial score (nSPS) is 39.0. The zero-order valence-electron chi connectivity index (χ0n) is 9.79. The second kappa shape index (κ2) is 4.37. The third kappa shape index (κ3) is 2.91. The quantitative estimate of drug-likeness (QED) is 0.756. The van der Waals surface area contributed by atoms with Crippen molar-refractivity contribution < 1.29 is 14.2 Å². The van der Waals surface area contributed by atoms with E-state index >= 15 is 0 Å². The fourth-order valence-corrected chi connectivity index (χ4v) is 2.09. The number of rotatable bonds is 4. The molecule has 0 aromatic carbocycles. The lowest BCUT2D eigenvalue weighted by molar-refractivity contribution is -0.138. The molecule has 1 atom stereocenters. The van der Waals surface area contributed by atoms with Gasteiger partial charge in [0, 0.05) is 19.7 Å². The Morgan fingerprint density at radius 1 is 1.40 bits per heavy atom. The summed E-state index contributed by atoms with van der Waals surface area (Å²) in [5.41, 5.74) is 0. The van der Waals surface area contributed by atoms with Crippen molar-refractivity contribution >= 4 is 0 Å². The zero-order chi connectivity index (χ0) is 10.9. The molecule has 2 fully saturated rings. The van der Waals surface area contributed by atoms with E-state index < -0.39 is 5.79 Å². The fourth-order valence-electron chi connectivity index (χ4n) is 2.09. The van der Waals surface area contributed by atoms with Crippen molar-refractivity contribution in [2.75, 3.05) is 20.3 Å². The van der Waals surface area contributed by atoms with Gasteiger partial charge in [-0.25, -0.2) is 0 Å². The van der Waals surface area contributed by atoms with Crippen LogP contribution < -0.4 is 5.32 Å². The van der Waals surface area contributed by atoms with Gasteiger partial charge in [0.05, 0.1) is 18.8 Å². The minimum Gasteiger partial charge on any atom is -0.381 e. The second-order valence-corrected chi connectivity index (χ2v) is 4.88. The van der Waals surface area contributed by atoms with E-state index in [0.29, 0.717) is 18.8 Å². The Morgan fingerprint density at radius 2 is 2.13 bits per heavy atom. The molecule has 2 rings (SSSR count). The first-order chi connectivity index (χ1) is 7.09. The fraction of sp³-hybridized carbons (Fsp3) is 1.00. The van der Waals surface area contributed by atoms with E-state index in [-0.39, 0.29) is 6.10 Å². The summed E-state index contributed by atoms with van der Waals surface area (Å²) in [6.45, 7) is 5.49. The van der Waals surface area contributed by atoms with E-state index in [0.717, 1.165) is 19.4 Å². The average molecular weight is 215 g/mol. The van der Waals surface area contributed by atoms with Gasteiger partial charge in [-0.1, -0.05) is 0 Å². The van der Waals surface area contributed by atoms with Crippen molar-refractivity contribution in [1.29, 1.82) is 0 Å². The first-order valence-corrected chi connectivity index (χ1v) is 5.67. The minimum atomic E-state index is -0.402. The van der Waals surface area contributed by atoms with Crippen LogP contribution in [0.25, 0.3) is 0 Å². The van der Waals surface area contributed by atoms with Crippen LogP contribution in [-0.4, -0.2) is 44.3 Å². The van der Waals surface area contributed by atoms with Crippen molar-refractivity contribution in [3.05, 3.63) is 0 Å². The third-order valence-corrected chi connectivity index (χ3v) is 3.13. The number of ether oxygens (including phenoxy) is 3. The molecular weight excluding hydrogens is 194 g/mol. The summed E-state index contributed by atoms with van der Waals surface area (Å²) < 4.78 is 16.4. The predicted octanol–water partition coefficient (Wildman–Crippen LogP) is 0.905. The largest absolute Gasteiger partial charge is 0.381 e. The maximum atomic E-state index is 5.70. The van der Waals surface area contributed by atoms with E-state index in [2.05, 4.69) is 5.32 Å². The van der Waals surface area contributed by atoms with Crippen molar-refractivity contribution in [3.63, 3.8) is 0 Å². The molecule has 0 aromatic rings. The highest BCUT2D eigenvalue weighted by Gasteiger charge is 2.34. The molecule has 1 aliphatic carbocycles. The minimum absolute atomic E-state index is 0.196. The Labute approximate surface area is 91.3 Å². The number of methoxy groups -OCH3 is 1. The topological polar surface area (TPSA) is 39.7 Å². The Hall–Kier alpha value is -0.160. The van der Waals surface area contributed by atoms with Crippen LogP contribution in [0.2, 0.25) is 0 Å². The molecule has 0 bridgehead atoms. The molecule has 2 aliphatic rings. The lowest BCUT2D eigenvalue weighted by Crippen LogP contribution is -2.47. The molecule has 15 heavy (non-hydrogen) atoms. The van der Waals surface area contributed by atoms with Crippen LogP contribution in [0.1, 0.15) is 26.7 Å². The highest BCUT2D eigenvalue weighted by Crippen LogP contribution is 2.24. The maximum absolute atomic E-state index is 5.70. The third-order valence-electron chi connectivity index (χ3n) is 3.13. The Bertz CT molecular complexity index is 214. The summed E-state index contributed by atoms with van der Waals surface area (Å²) in [7, 11) is 1.78. The van der Waals surface area contributed by atoms with E-state index in [9.17, 15) is 0 Å². The number of hydrogen-bond donors (Lipinski definition) is 1. The van der Waals surface area contributed by atoms with Crippen LogP contribution in [0.5, 0.6) is 0 Å². The standard InChI is InChI=1S/C11H21NO3/c1-11(2)14-7-10(15-11)6-12-8-4-9(5-8)13-3/h8-10,12H,4-7H2,1-3H3. The molecular formula is C11H21NO3. The van der Waals surface area contributed by atoms with Crippen LogP contribution in [0.3, 0.4) is 0 Å². The van der Waals surface area contributed by atoms with Gasteiger partial charge in [-0.15, -0.1) is 0 Å². The molecule has 4 heteroatoms. The van der Waals surface area contributed by atoms with Gasteiger partial charge in [0.2, 0.25) is 0 Å². The summed E-state index contributed by atoms with van der Waals surface area (Å²) >= 11 is 0. The van der Waals surface area contributed by atoms with Gasteiger partial charge >= 0.3 is 0 Å². The van der Waals surface area contributed by atoms with Crippen LogP contribution in [0, 0.1) is 0 Å². The molecule has 1 N–H and O–H groups in total. The molecule has 0 amide bonds. The first-order valence-electron chi connectivity index (χ1n) is 5.67. The lowest BCUT2D eigenvalue weighted by atomic mass is 9.89. The summed E-state index contributed by atoms with van der Waals surface area (Å²) in [5, 5.41) is 3.48. The molecule has 1 saturated heterocycles. The Morgan fingerprint density at radius 3 is 2.67 bits per heavy atom. The molecule has 1 saturated carbocycles. The van der Waals surface area contributed by atoms with Crippen molar-refractivity contribution in [3.8, 4) is 0 Å². The molecule has 1 unspecified atom stereocenters. The molecule has 1 heterocycles. The molecule has 1 aliphatic heterocycles. The average Bonchev–Trinajstić information content (AvgIpc) is 2.43. The van der Waals surface area contributed by atoms with Gasteiger partial charge in [0.15, 0.2) is 5.79 Å². The molecule has 0 radical (unpaired) electrons. The Balaban J connectivity index is 1.60. The summed E-state index contributed by atoms with van der Waals surface area (Å²) in [6.07, 6.45) is 2.89. The van der Waals surface area contributed by atoms with Crippen LogP contribution in [0.15, 0.2) is 0 Å². The van der Waals surface area contributed by atoms with Gasteiger partial charge in [-0.3, -0.25) is 0 Å². The first kappa shape index (κ1) is 11.3. The van der Waals surface area contributed by atoms with Gasteiger partial charge in [0.1, 0.15) is 0 Å². The second-order valence-electron chi connectivity index (χ2n) is 4.88. The smallest absolute Gasteiger partial charge is 0.163 e. The SMILES string of the molecule is COC1CC(NCC2COC(C)(C)O2)C1. The van der Waals surface area contributed by atoms with Crippen molar-refractivity contribution in [2.45, 2.75) is 50.7 Å². The lowest BCUT2D eigenvalue weighted by Gasteiger charge is -2.35. The van der Waals surface area contributed by atoms with Gasteiger partial charge < -0.3 is 19.5 Å². The van der Waals surface area contributed by atoms with E-state index in [1.807, 2.05) is 13.8 Å². The van der Waals surface area contributed by atoms with Gasteiger partial charge in [-0.2, -0.15) is 0 Å². The summed E-state index contributed by atoms with van der Waals surface area (Å²) in [4.78, 5) is 0. The van der Waals surface area contributed by atoms with Crippen molar-refractivity contribution in [2.24, 2.45) is 0 Å². The van der Waals surface area contributed by atoms with Gasteiger partial charge in [0.25, 0.3) is 0 Å². The highest BCUT2D eigenvalue weighted by atomic mass is 16.7. The van der Waals surface area contributed by atoms with Gasteiger partial charge in [-0.05, 0) is 26.7 Å². The molecule has 4 nitrogen and oxygen atoms in total. The van der Waals surface area contributed by atoms with E-state index in [1.54, 1.807) is 7.11 Å².